The molecule has 1 aliphatic carbocycles. The lowest BCUT2D eigenvalue weighted by Gasteiger charge is -2.38. The Morgan fingerprint density at radius 1 is 1.15 bits per heavy atom. The average Bonchev–Trinajstić information content (AvgIpc) is 3.57. The first kappa shape index (κ1) is 27.6. The number of anilines is 1. The number of benzene rings is 1. The molecule has 39 heavy (non-hydrogen) atoms. The standard InChI is InChI=1S/C30H41N3O6/c1-5-38-17-7-16-33-26(28(35)32-22-9-6-8-18(2)19(22)3)30-15-14-23(39-30)24(25(30)29(33)36)27(34)31-20-10-12-21(37-4)13-11-20/h10-15,18-19,22-26H,5-9,16-17H2,1-4H3,(H,31,34)(H,32,35). The van der Waals surface area contributed by atoms with E-state index in [0.29, 0.717) is 49.5 Å². The predicted octanol–water partition coefficient (Wildman–Crippen LogP) is 3.15. The Kier molecular flexibility index (Phi) is 8.01. The number of rotatable bonds is 10. The number of nitrogens with zero attached hydrogens (tertiary/aromatic N) is 1. The summed E-state index contributed by atoms with van der Waals surface area (Å²) in [7, 11) is 1.58. The molecular weight excluding hydrogens is 498 g/mol. The molecule has 2 bridgehead atoms. The van der Waals surface area contributed by atoms with Crippen molar-refractivity contribution in [1.82, 2.24) is 10.2 Å². The Morgan fingerprint density at radius 2 is 1.92 bits per heavy atom. The minimum Gasteiger partial charge on any atom is -0.497 e. The summed E-state index contributed by atoms with van der Waals surface area (Å²) in [5.74, 6) is -0.650. The summed E-state index contributed by atoms with van der Waals surface area (Å²) in [5.41, 5.74) is -0.557. The van der Waals surface area contributed by atoms with Crippen LogP contribution >= 0.6 is 0 Å². The zero-order valence-corrected chi connectivity index (χ0v) is 23.4. The van der Waals surface area contributed by atoms with Gasteiger partial charge in [0.1, 0.15) is 17.4 Å². The Labute approximate surface area is 230 Å². The molecule has 1 aromatic rings. The molecule has 5 rings (SSSR count). The number of methoxy groups -OCH3 is 1. The van der Waals surface area contributed by atoms with Crippen LogP contribution < -0.4 is 15.4 Å². The van der Waals surface area contributed by atoms with Gasteiger partial charge in [-0.15, -0.1) is 0 Å². The number of carbonyl (C=O) groups is 3. The summed E-state index contributed by atoms with van der Waals surface area (Å²) >= 11 is 0. The minimum atomic E-state index is -1.16. The zero-order chi connectivity index (χ0) is 27.7. The van der Waals surface area contributed by atoms with Crippen LogP contribution in [0.3, 0.4) is 0 Å². The van der Waals surface area contributed by atoms with Gasteiger partial charge in [-0.1, -0.05) is 38.8 Å². The summed E-state index contributed by atoms with van der Waals surface area (Å²) in [6, 6.07) is 6.27. The second-order valence-corrected chi connectivity index (χ2v) is 11.4. The van der Waals surface area contributed by atoms with Crippen molar-refractivity contribution in [3.8, 4) is 5.75 Å². The molecule has 212 valence electrons. The number of hydrogen-bond donors (Lipinski definition) is 2. The molecule has 1 saturated carbocycles. The number of fused-ring (bicyclic) bond motifs is 1. The average molecular weight is 540 g/mol. The molecule has 3 fully saturated rings. The van der Waals surface area contributed by atoms with Crippen LogP contribution in [0.15, 0.2) is 36.4 Å². The topological polar surface area (TPSA) is 106 Å². The van der Waals surface area contributed by atoms with Gasteiger partial charge in [0.05, 0.1) is 25.0 Å². The van der Waals surface area contributed by atoms with Crippen LogP contribution in [0.4, 0.5) is 5.69 Å². The summed E-state index contributed by atoms with van der Waals surface area (Å²) in [6.45, 7) is 7.78. The van der Waals surface area contributed by atoms with E-state index in [1.54, 1.807) is 36.3 Å². The number of ether oxygens (including phenoxy) is 3. The normalized spacial score (nSPS) is 34.7. The maximum Gasteiger partial charge on any atom is 0.246 e. The number of amides is 3. The molecule has 2 N–H and O–H groups in total. The Morgan fingerprint density at radius 3 is 2.64 bits per heavy atom. The van der Waals surface area contributed by atoms with E-state index in [2.05, 4.69) is 24.5 Å². The van der Waals surface area contributed by atoms with Gasteiger partial charge in [0.2, 0.25) is 17.7 Å². The molecule has 4 aliphatic rings. The van der Waals surface area contributed by atoms with Crippen molar-refractivity contribution >= 4 is 23.4 Å². The van der Waals surface area contributed by atoms with E-state index in [0.717, 1.165) is 19.3 Å². The number of hydrogen-bond acceptors (Lipinski definition) is 6. The monoisotopic (exact) mass is 539 g/mol. The van der Waals surface area contributed by atoms with Gasteiger partial charge in [-0.3, -0.25) is 14.4 Å². The van der Waals surface area contributed by atoms with Crippen molar-refractivity contribution < 1.29 is 28.6 Å². The molecule has 3 amide bonds. The lowest BCUT2D eigenvalue weighted by Crippen LogP contribution is -2.58. The van der Waals surface area contributed by atoms with Crippen molar-refractivity contribution in [2.75, 3.05) is 32.2 Å². The van der Waals surface area contributed by atoms with Gasteiger partial charge < -0.3 is 29.7 Å². The fourth-order valence-corrected chi connectivity index (χ4v) is 6.94. The number of carbonyl (C=O) groups excluding carboxylic acids is 3. The SMILES string of the molecule is CCOCCCN1C(=O)C2C(C(=O)Nc3ccc(OC)cc3)C3C=CC2(O3)C1C(=O)NC1CCCC(C)C1C. The quantitative estimate of drug-likeness (QED) is 0.350. The third-order valence-corrected chi connectivity index (χ3v) is 9.21. The van der Waals surface area contributed by atoms with Gasteiger partial charge in [-0.05, 0) is 55.9 Å². The van der Waals surface area contributed by atoms with E-state index in [1.165, 1.54) is 0 Å². The van der Waals surface area contributed by atoms with Crippen LogP contribution in [0.5, 0.6) is 5.75 Å². The minimum absolute atomic E-state index is 0.0498. The summed E-state index contributed by atoms with van der Waals surface area (Å²) < 4.78 is 17.2. The van der Waals surface area contributed by atoms with Crippen molar-refractivity contribution in [1.29, 1.82) is 0 Å². The van der Waals surface area contributed by atoms with Gasteiger partial charge in [0.15, 0.2) is 0 Å². The van der Waals surface area contributed by atoms with Gasteiger partial charge in [0, 0.05) is 31.5 Å². The fourth-order valence-electron chi connectivity index (χ4n) is 6.94. The van der Waals surface area contributed by atoms with Crippen molar-refractivity contribution in [3.05, 3.63) is 36.4 Å². The maximum atomic E-state index is 14.0. The van der Waals surface area contributed by atoms with Crippen LogP contribution in [-0.2, 0) is 23.9 Å². The third kappa shape index (κ3) is 4.95. The molecule has 3 heterocycles. The van der Waals surface area contributed by atoms with Crippen LogP contribution in [-0.4, -0.2) is 73.3 Å². The van der Waals surface area contributed by atoms with Crippen LogP contribution in [0.1, 0.15) is 46.5 Å². The van der Waals surface area contributed by atoms with Gasteiger partial charge in [-0.2, -0.15) is 0 Å². The van der Waals surface area contributed by atoms with Crippen LogP contribution in [0.2, 0.25) is 0 Å². The molecule has 0 radical (unpaired) electrons. The first-order valence-electron chi connectivity index (χ1n) is 14.3. The van der Waals surface area contributed by atoms with Gasteiger partial charge in [-0.25, -0.2) is 0 Å². The molecule has 1 aromatic carbocycles. The van der Waals surface area contributed by atoms with E-state index in [-0.39, 0.29) is 23.8 Å². The zero-order valence-electron chi connectivity index (χ0n) is 23.4. The Balaban J connectivity index is 1.40. The highest BCUT2D eigenvalue weighted by molar-refractivity contribution is 6.02. The van der Waals surface area contributed by atoms with Crippen molar-refractivity contribution in [2.45, 2.75) is 70.2 Å². The van der Waals surface area contributed by atoms with Crippen LogP contribution in [0.25, 0.3) is 0 Å². The van der Waals surface area contributed by atoms with E-state index < -0.39 is 29.6 Å². The van der Waals surface area contributed by atoms with E-state index in [4.69, 9.17) is 14.2 Å². The predicted molar refractivity (Wildman–Crippen MR) is 146 cm³/mol. The second kappa shape index (κ2) is 11.3. The molecule has 1 spiro atoms. The maximum absolute atomic E-state index is 14.0. The molecule has 2 saturated heterocycles. The Hall–Kier alpha value is -2.91. The highest BCUT2D eigenvalue weighted by Crippen LogP contribution is 2.55. The highest BCUT2D eigenvalue weighted by Gasteiger charge is 2.72. The lowest BCUT2D eigenvalue weighted by molar-refractivity contribution is -0.141. The molecular formula is C30H41N3O6. The lowest BCUT2D eigenvalue weighted by atomic mass is 9.73. The molecule has 3 aliphatic heterocycles. The van der Waals surface area contributed by atoms with Gasteiger partial charge in [0.25, 0.3) is 0 Å². The summed E-state index contributed by atoms with van der Waals surface area (Å²) in [4.78, 5) is 43.2. The smallest absolute Gasteiger partial charge is 0.246 e. The van der Waals surface area contributed by atoms with Gasteiger partial charge >= 0.3 is 0 Å². The number of likely N-dealkylation sites (tertiary alicyclic amines) is 1. The highest BCUT2D eigenvalue weighted by atomic mass is 16.5. The second-order valence-electron chi connectivity index (χ2n) is 11.4. The van der Waals surface area contributed by atoms with Crippen molar-refractivity contribution in [3.63, 3.8) is 0 Å². The molecule has 0 aromatic heterocycles. The molecule has 8 atom stereocenters. The molecule has 9 heteroatoms. The number of nitrogens with one attached hydrogen (secondary N) is 2. The summed E-state index contributed by atoms with van der Waals surface area (Å²) in [5, 5.41) is 6.23. The Bertz CT molecular complexity index is 1110. The fraction of sp³-hybridized carbons (Fsp3) is 0.633. The third-order valence-electron chi connectivity index (χ3n) is 9.21. The first-order chi connectivity index (χ1) is 18.8. The summed E-state index contributed by atoms with van der Waals surface area (Å²) in [6.07, 6.45) is 6.88. The largest absolute Gasteiger partial charge is 0.497 e. The molecule has 9 nitrogen and oxygen atoms in total. The molecule has 8 unspecified atom stereocenters. The van der Waals surface area contributed by atoms with E-state index in [9.17, 15) is 14.4 Å². The van der Waals surface area contributed by atoms with Crippen LogP contribution in [0, 0.1) is 23.7 Å². The van der Waals surface area contributed by atoms with E-state index >= 15 is 0 Å². The first-order valence-corrected chi connectivity index (χ1v) is 14.3. The van der Waals surface area contributed by atoms with Crippen molar-refractivity contribution in [2.24, 2.45) is 23.7 Å². The van der Waals surface area contributed by atoms with E-state index in [1.807, 2.05) is 19.1 Å².